The molecule has 0 atom stereocenters. The summed E-state index contributed by atoms with van der Waals surface area (Å²) in [7, 11) is 1.62. The van der Waals surface area contributed by atoms with Crippen molar-refractivity contribution in [2.24, 2.45) is 0 Å². The molecule has 0 bridgehead atoms. The number of nitrogens with one attached hydrogen (secondary N) is 1. The standard InChI is InChI=1S/C19H21NO4/c1-22-16-6-3-14(4-7-16)12-19(21)20-13-15-5-8-17-18(11-15)24-10-2-9-23-17/h3-8,11H,2,9-10,12-13H2,1H3,(H,20,21). The van der Waals surface area contributed by atoms with E-state index >= 15 is 0 Å². The van der Waals surface area contributed by atoms with E-state index in [1.54, 1.807) is 7.11 Å². The molecular weight excluding hydrogens is 306 g/mol. The first-order valence-electron chi connectivity index (χ1n) is 8.03. The van der Waals surface area contributed by atoms with E-state index in [4.69, 9.17) is 14.2 Å². The number of fused-ring (bicyclic) bond motifs is 1. The second kappa shape index (κ2) is 7.73. The van der Waals surface area contributed by atoms with Gasteiger partial charge in [-0.15, -0.1) is 0 Å². The summed E-state index contributed by atoms with van der Waals surface area (Å²) in [6, 6.07) is 13.3. The van der Waals surface area contributed by atoms with Gasteiger partial charge in [0.15, 0.2) is 11.5 Å². The van der Waals surface area contributed by atoms with Gasteiger partial charge in [0.05, 0.1) is 26.7 Å². The van der Waals surface area contributed by atoms with Crippen LogP contribution in [0.15, 0.2) is 42.5 Å². The topological polar surface area (TPSA) is 56.8 Å². The molecule has 3 rings (SSSR count). The molecule has 0 saturated heterocycles. The molecule has 5 nitrogen and oxygen atoms in total. The molecule has 1 aliphatic rings. The molecule has 24 heavy (non-hydrogen) atoms. The van der Waals surface area contributed by atoms with Gasteiger partial charge in [0.25, 0.3) is 0 Å². The number of carbonyl (C=O) groups is 1. The minimum absolute atomic E-state index is 0.0210. The number of benzene rings is 2. The van der Waals surface area contributed by atoms with Crippen LogP contribution < -0.4 is 19.5 Å². The van der Waals surface area contributed by atoms with Crippen LogP contribution in [-0.2, 0) is 17.8 Å². The van der Waals surface area contributed by atoms with Gasteiger partial charge >= 0.3 is 0 Å². The number of hydrogen-bond acceptors (Lipinski definition) is 4. The summed E-state index contributed by atoms with van der Waals surface area (Å²) in [5, 5.41) is 2.93. The maximum absolute atomic E-state index is 12.1. The second-order valence-corrected chi connectivity index (χ2v) is 5.63. The molecule has 2 aromatic rings. The number of hydrogen-bond donors (Lipinski definition) is 1. The third-order valence-electron chi connectivity index (χ3n) is 3.83. The number of carbonyl (C=O) groups excluding carboxylic acids is 1. The van der Waals surface area contributed by atoms with Crippen LogP contribution in [0.1, 0.15) is 17.5 Å². The molecule has 1 heterocycles. The zero-order valence-corrected chi connectivity index (χ0v) is 13.7. The molecule has 0 radical (unpaired) electrons. The SMILES string of the molecule is COc1ccc(CC(=O)NCc2ccc3c(c2)OCCCO3)cc1. The lowest BCUT2D eigenvalue weighted by Gasteiger charge is -2.10. The molecule has 2 aromatic carbocycles. The Hall–Kier alpha value is -2.69. The molecule has 0 saturated carbocycles. The molecule has 1 aliphatic heterocycles. The predicted molar refractivity (Wildman–Crippen MR) is 90.6 cm³/mol. The van der Waals surface area contributed by atoms with Crippen molar-refractivity contribution in [2.45, 2.75) is 19.4 Å². The average Bonchev–Trinajstić information content (AvgIpc) is 2.85. The number of amides is 1. The Balaban J connectivity index is 1.54. The highest BCUT2D eigenvalue weighted by atomic mass is 16.5. The lowest BCUT2D eigenvalue weighted by Crippen LogP contribution is -2.24. The van der Waals surface area contributed by atoms with Crippen LogP contribution in [0.3, 0.4) is 0 Å². The minimum atomic E-state index is -0.0210. The molecule has 0 fully saturated rings. The lowest BCUT2D eigenvalue weighted by molar-refractivity contribution is -0.120. The van der Waals surface area contributed by atoms with E-state index in [0.29, 0.717) is 26.2 Å². The first-order chi connectivity index (χ1) is 11.7. The van der Waals surface area contributed by atoms with E-state index in [0.717, 1.165) is 34.8 Å². The molecule has 1 N–H and O–H groups in total. The smallest absolute Gasteiger partial charge is 0.224 e. The average molecular weight is 327 g/mol. The largest absolute Gasteiger partial charge is 0.497 e. The number of ether oxygens (including phenoxy) is 3. The van der Waals surface area contributed by atoms with Crippen LogP contribution in [0.5, 0.6) is 17.2 Å². The quantitative estimate of drug-likeness (QED) is 0.917. The third-order valence-corrected chi connectivity index (χ3v) is 3.83. The van der Waals surface area contributed by atoms with Crippen molar-refractivity contribution in [3.05, 3.63) is 53.6 Å². The van der Waals surface area contributed by atoms with Crippen LogP contribution in [0.25, 0.3) is 0 Å². The number of methoxy groups -OCH3 is 1. The van der Waals surface area contributed by atoms with Crippen molar-refractivity contribution >= 4 is 5.91 Å². The van der Waals surface area contributed by atoms with E-state index < -0.39 is 0 Å². The van der Waals surface area contributed by atoms with Gasteiger partial charge in [0.1, 0.15) is 5.75 Å². The first-order valence-corrected chi connectivity index (χ1v) is 8.03. The second-order valence-electron chi connectivity index (χ2n) is 5.63. The van der Waals surface area contributed by atoms with Crippen molar-refractivity contribution in [1.82, 2.24) is 5.32 Å². The van der Waals surface area contributed by atoms with Gasteiger partial charge in [0.2, 0.25) is 5.91 Å². The predicted octanol–water partition coefficient (Wildman–Crippen LogP) is 2.72. The summed E-state index contributed by atoms with van der Waals surface area (Å²) in [5.74, 6) is 2.27. The monoisotopic (exact) mass is 327 g/mol. The number of rotatable bonds is 5. The summed E-state index contributed by atoms with van der Waals surface area (Å²) in [6.07, 6.45) is 1.22. The van der Waals surface area contributed by atoms with Crippen LogP contribution in [-0.4, -0.2) is 26.2 Å². The fourth-order valence-electron chi connectivity index (χ4n) is 2.51. The van der Waals surface area contributed by atoms with Crippen LogP contribution in [0, 0.1) is 0 Å². The summed E-state index contributed by atoms with van der Waals surface area (Å²) < 4.78 is 16.4. The minimum Gasteiger partial charge on any atom is -0.497 e. The Morgan fingerprint density at radius 1 is 1.04 bits per heavy atom. The van der Waals surface area contributed by atoms with Gasteiger partial charge in [-0.2, -0.15) is 0 Å². The Labute approximate surface area is 141 Å². The molecule has 0 aromatic heterocycles. The molecule has 0 aliphatic carbocycles. The molecule has 0 unspecified atom stereocenters. The molecule has 5 heteroatoms. The van der Waals surface area contributed by atoms with Gasteiger partial charge in [0, 0.05) is 13.0 Å². The third kappa shape index (κ3) is 4.19. The highest BCUT2D eigenvalue weighted by Crippen LogP contribution is 2.30. The van der Waals surface area contributed by atoms with Crippen LogP contribution in [0.2, 0.25) is 0 Å². The van der Waals surface area contributed by atoms with Crippen molar-refractivity contribution in [1.29, 1.82) is 0 Å². The van der Waals surface area contributed by atoms with Crippen LogP contribution in [0.4, 0.5) is 0 Å². The molecular formula is C19H21NO4. The normalized spacial score (nSPS) is 13.0. The van der Waals surface area contributed by atoms with Gasteiger partial charge < -0.3 is 19.5 Å². The summed E-state index contributed by atoms with van der Waals surface area (Å²) >= 11 is 0. The molecule has 126 valence electrons. The Bertz CT molecular complexity index is 697. The van der Waals surface area contributed by atoms with Gasteiger partial charge in [-0.3, -0.25) is 4.79 Å². The van der Waals surface area contributed by atoms with Crippen molar-refractivity contribution < 1.29 is 19.0 Å². The van der Waals surface area contributed by atoms with Gasteiger partial charge in [-0.05, 0) is 35.4 Å². The van der Waals surface area contributed by atoms with E-state index in [1.165, 1.54) is 0 Å². The highest BCUT2D eigenvalue weighted by molar-refractivity contribution is 5.78. The molecule has 0 spiro atoms. The van der Waals surface area contributed by atoms with Crippen LogP contribution >= 0.6 is 0 Å². The van der Waals surface area contributed by atoms with Gasteiger partial charge in [-0.25, -0.2) is 0 Å². The van der Waals surface area contributed by atoms with Gasteiger partial charge in [-0.1, -0.05) is 18.2 Å². The Morgan fingerprint density at radius 2 is 1.75 bits per heavy atom. The van der Waals surface area contributed by atoms with Crippen molar-refractivity contribution in [2.75, 3.05) is 20.3 Å². The summed E-state index contributed by atoms with van der Waals surface area (Å²) in [4.78, 5) is 12.1. The lowest BCUT2D eigenvalue weighted by atomic mass is 10.1. The first kappa shape index (κ1) is 16.2. The van der Waals surface area contributed by atoms with E-state index in [1.807, 2.05) is 42.5 Å². The Kier molecular flexibility index (Phi) is 5.21. The van der Waals surface area contributed by atoms with Crippen molar-refractivity contribution in [3.63, 3.8) is 0 Å². The van der Waals surface area contributed by atoms with Crippen molar-refractivity contribution in [3.8, 4) is 17.2 Å². The van der Waals surface area contributed by atoms with E-state index in [-0.39, 0.29) is 5.91 Å². The molecule has 1 amide bonds. The maximum atomic E-state index is 12.1. The fraction of sp³-hybridized carbons (Fsp3) is 0.316. The Morgan fingerprint density at radius 3 is 2.50 bits per heavy atom. The fourth-order valence-corrected chi connectivity index (χ4v) is 2.51. The summed E-state index contributed by atoms with van der Waals surface area (Å²) in [5.41, 5.74) is 1.94. The van der Waals surface area contributed by atoms with E-state index in [9.17, 15) is 4.79 Å². The highest BCUT2D eigenvalue weighted by Gasteiger charge is 2.11. The van der Waals surface area contributed by atoms with E-state index in [2.05, 4.69) is 5.32 Å². The summed E-state index contributed by atoms with van der Waals surface area (Å²) in [6.45, 7) is 1.79. The zero-order valence-electron chi connectivity index (χ0n) is 13.7. The maximum Gasteiger partial charge on any atom is 0.224 e. The zero-order chi connectivity index (χ0) is 16.8.